The molecule has 0 N–H and O–H groups in total. The number of rotatable bonds is 8. The molecule has 0 aliphatic rings. The number of ketones is 1. The van der Waals surface area contributed by atoms with Gasteiger partial charge in [0.05, 0.1) is 17.0 Å². The molecule has 29 heavy (non-hydrogen) atoms. The Labute approximate surface area is 178 Å². The number of aryl methyl sites for hydroxylation is 1. The fourth-order valence-corrected chi connectivity index (χ4v) is 3.81. The highest BCUT2D eigenvalue weighted by molar-refractivity contribution is 7.14. The molecule has 0 radical (unpaired) electrons. The number of carbonyl (C=O) groups is 1. The quantitative estimate of drug-likeness (QED) is 0.299. The topological polar surface area (TPSA) is 35.5 Å². The molecule has 0 unspecified atom stereocenters. The van der Waals surface area contributed by atoms with Crippen LogP contribution < -0.4 is 9.47 Å². The Bertz CT molecular complexity index is 1040. The van der Waals surface area contributed by atoms with Crippen LogP contribution >= 0.6 is 22.9 Å². The van der Waals surface area contributed by atoms with Crippen LogP contribution in [0.4, 0.5) is 4.39 Å². The number of allylic oxidation sites excluding steroid dienone is 1. The standard InChI is InChI=1S/C23H20ClFO3S/c1-3-18-7-11-23(29-18)20(26)8-4-15-5-9-21(27-2)16(12-15)14-28-22-10-6-17(25)13-19(22)24/h4-13H,3,14H2,1-2H3/b8-4+. The molecule has 0 spiro atoms. The van der Waals surface area contributed by atoms with Crippen molar-refractivity contribution in [2.45, 2.75) is 20.0 Å². The Morgan fingerprint density at radius 3 is 2.62 bits per heavy atom. The highest BCUT2D eigenvalue weighted by atomic mass is 35.5. The van der Waals surface area contributed by atoms with Crippen molar-refractivity contribution in [3.8, 4) is 11.5 Å². The number of methoxy groups -OCH3 is 1. The van der Waals surface area contributed by atoms with Crippen LogP contribution in [-0.2, 0) is 13.0 Å². The summed E-state index contributed by atoms with van der Waals surface area (Å²) in [6, 6.07) is 13.4. The van der Waals surface area contributed by atoms with Gasteiger partial charge in [-0.3, -0.25) is 4.79 Å². The van der Waals surface area contributed by atoms with Gasteiger partial charge in [-0.2, -0.15) is 0 Å². The lowest BCUT2D eigenvalue weighted by atomic mass is 10.1. The Kier molecular flexibility index (Phi) is 7.07. The minimum atomic E-state index is -0.423. The zero-order chi connectivity index (χ0) is 20.8. The van der Waals surface area contributed by atoms with Crippen LogP contribution in [0.5, 0.6) is 11.5 Å². The minimum absolute atomic E-state index is 0.0265. The first kappa shape index (κ1) is 21.1. The fourth-order valence-electron chi connectivity index (χ4n) is 2.72. The first-order valence-electron chi connectivity index (χ1n) is 9.06. The van der Waals surface area contributed by atoms with Gasteiger partial charge in [-0.1, -0.05) is 30.7 Å². The van der Waals surface area contributed by atoms with E-state index in [0.717, 1.165) is 22.4 Å². The van der Waals surface area contributed by atoms with Crippen molar-refractivity contribution in [1.82, 2.24) is 0 Å². The molecule has 6 heteroatoms. The minimum Gasteiger partial charge on any atom is -0.496 e. The zero-order valence-electron chi connectivity index (χ0n) is 16.1. The van der Waals surface area contributed by atoms with Crippen LogP contribution in [0.3, 0.4) is 0 Å². The number of ether oxygens (including phenoxy) is 2. The molecule has 0 amide bonds. The van der Waals surface area contributed by atoms with Gasteiger partial charge in [-0.05, 0) is 60.5 Å². The molecule has 0 saturated carbocycles. The number of benzene rings is 2. The molecule has 3 nitrogen and oxygen atoms in total. The smallest absolute Gasteiger partial charge is 0.195 e. The van der Waals surface area contributed by atoms with E-state index in [-0.39, 0.29) is 17.4 Å². The third-order valence-electron chi connectivity index (χ3n) is 4.26. The van der Waals surface area contributed by atoms with Crippen LogP contribution in [0.25, 0.3) is 6.08 Å². The Hall–Kier alpha value is -2.63. The first-order valence-corrected chi connectivity index (χ1v) is 10.3. The molecule has 1 aromatic heterocycles. The molecular formula is C23H20ClFO3S. The van der Waals surface area contributed by atoms with Gasteiger partial charge in [0.2, 0.25) is 0 Å². The lowest BCUT2D eigenvalue weighted by Gasteiger charge is -2.12. The van der Waals surface area contributed by atoms with Gasteiger partial charge in [0.15, 0.2) is 5.78 Å². The van der Waals surface area contributed by atoms with Gasteiger partial charge in [0.1, 0.15) is 23.9 Å². The molecule has 2 aromatic carbocycles. The summed E-state index contributed by atoms with van der Waals surface area (Å²) in [6.45, 7) is 2.25. The van der Waals surface area contributed by atoms with Gasteiger partial charge in [-0.25, -0.2) is 4.39 Å². The van der Waals surface area contributed by atoms with Crippen molar-refractivity contribution < 1.29 is 18.7 Å². The summed E-state index contributed by atoms with van der Waals surface area (Å²) in [4.78, 5) is 14.3. The zero-order valence-corrected chi connectivity index (χ0v) is 17.6. The number of hydrogen-bond donors (Lipinski definition) is 0. The molecule has 3 rings (SSSR count). The largest absolute Gasteiger partial charge is 0.496 e. The van der Waals surface area contributed by atoms with Crippen molar-refractivity contribution in [1.29, 1.82) is 0 Å². The Balaban J connectivity index is 1.74. The second-order valence-electron chi connectivity index (χ2n) is 6.25. The maximum Gasteiger partial charge on any atom is 0.195 e. The van der Waals surface area contributed by atoms with E-state index in [1.54, 1.807) is 19.3 Å². The lowest BCUT2D eigenvalue weighted by Crippen LogP contribution is -2.00. The van der Waals surface area contributed by atoms with E-state index < -0.39 is 5.82 Å². The van der Waals surface area contributed by atoms with Crippen molar-refractivity contribution in [2.24, 2.45) is 0 Å². The highest BCUT2D eigenvalue weighted by Crippen LogP contribution is 2.28. The van der Waals surface area contributed by atoms with E-state index in [4.69, 9.17) is 21.1 Å². The van der Waals surface area contributed by atoms with E-state index in [1.807, 2.05) is 30.3 Å². The van der Waals surface area contributed by atoms with Crippen LogP contribution in [0.2, 0.25) is 5.02 Å². The molecule has 0 fully saturated rings. The van der Waals surface area contributed by atoms with E-state index in [9.17, 15) is 9.18 Å². The summed E-state index contributed by atoms with van der Waals surface area (Å²) in [5, 5.41) is 0.202. The number of hydrogen-bond acceptors (Lipinski definition) is 4. The molecule has 0 bridgehead atoms. The molecule has 1 heterocycles. The van der Waals surface area contributed by atoms with E-state index >= 15 is 0 Å². The number of thiophene rings is 1. The predicted molar refractivity (Wildman–Crippen MR) is 116 cm³/mol. The summed E-state index contributed by atoms with van der Waals surface area (Å²) in [5.74, 6) is 0.586. The van der Waals surface area contributed by atoms with Crippen LogP contribution in [0, 0.1) is 5.82 Å². The normalized spacial score (nSPS) is 11.0. The number of carbonyl (C=O) groups excluding carboxylic acids is 1. The SMILES string of the molecule is CCc1ccc(C(=O)/C=C/c2ccc(OC)c(COc3ccc(F)cc3Cl)c2)s1. The molecule has 0 saturated heterocycles. The number of halogens is 2. The van der Waals surface area contributed by atoms with Crippen molar-refractivity contribution in [2.75, 3.05) is 7.11 Å². The molecule has 0 atom stereocenters. The average Bonchev–Trinajstić information content (AvgIpc) is 3.21. The van der Waals surface area contributed by atoms with Crippen molar-refractivity contribution >= 4 is 34.8 Å². The Morgan fingerprint density at radius 2 is 1.93 bits per heavy atom. The first-order chi connectivity index (χ1) is 14.0. The summed E-state index contributed by atoms with van der Waals surface area (Å²) < 4.78 is 24.3. The summed E-state index contributed by atoms with van der Waals surface area (Å²) in [6.07, 6.45) is 4.25. The molecule has 0 aliphatic carbocycles. The van der Waals surface area contributed by atoms with Crippen LogP contribution in [-0.4, -0.2) is 12.9 Å². The predicted octanol–water partition coefficient (Wildman–Crippen LogP) is 6.59. The maximum absolute atomic E-state index is 13.2. The summed E-state index contributed by atoms with van der Waals surface area (Å²) >= 11 is 7.53. The van der Waals surface area contributed by atoms with Crippen LogP contribution in [0.1, 0.15) is 32.6 Å². The third-order valence-corrected chi connectivity index (χ3v) is 5.80. The molecular weight excluding hydrogens is 411 g/mol. The molecule has 3 aromatic rings. The lowest BCUT2D eigenvalue weighted by molar-refractivity contribution is 0.105. The monoisotopic (exact) mass is 430 g/mol. The van der Waals surface area contributed by atoms with E-state index in [2.05, 4.69) is 6.92 Å². The van der Waals surface area contributed by atoms with Gasteiger partial charge >= 0.3 is 0 Å². The van der Waals surface area contributed by atoms with Crippen molar-refractivity contribution in [3.05, 3.63) is 86.3 Å². The van der Waals surface area contributed by atoms with Gasteiger partial charge in [0, 0.05) is 10.4 Å². The maximum atomic E-state index is 13.2. The van der Waals surface area contributed by atoms with Crippen LogP contribution in [0.15, 0.2) is 54.6 Å². The third kappa shape index (κ3) is 5.46. The Morgan fingerprint density at radius 1 is 1.14 bits per heavy atom. The van der Waals surface area contributed by atoms with E-state index in [1.165, 1.54) is 34.4 Å². The summed E-state index contributed by atoms with van der Waals surface area (Å²) in [5.41, 5.74) is 1.63. The average molecular weight is 431 g/mol. The second-order valence-corrected chi connectivity index (χ2v) is 7.83. The summed E-state index contributed by atoms with van der Waals surface area (Å²) in [7, 11) is 1.57. The molecule has 0 aliphatic heterocycles. The van der Waals surface area contributed by atoms with E-state index in [0.29, 0.717) is 11.5 Å². The fraction of sp³-hybridized carbons (Fsp3) is 0.174. The van der Waals surface area contributed by atoms with Crippen molar-refractivity contribution in [3.63, 3.8) is 0 Å². The molecule has 150 valence electrons. The highest BCUT2D eigenvalue weighted by Gasteiger charge is 2.09. The van der Waals surface area contributed by atoms with Gasteiger partial charge in [-0.15, -0.1) is 11.3 Å². The second kappa shape index (κ2) is 9.72. The van der Waals surface area contributed by atoms with Gasteiger partial charge in [0.25, 0.3) is 0 Å². The van der Waals surface area contributed by atoms with Gasteiger partial charge < -0.3 is 9.47 Å².